The molecule has 31 heavy (non-hydrogen) atoms. The predicted molar refractivity (Wildman–Crippen MR) is 119 cm³/mol. The Morgan fingerprint density at radius 1 is 1.32 bits per heavy atom. The number of aliphatic hydroxyl groups is 1. The molecule has 4 rings (SSSR count). The van der Waals surface area contributed by atoms with Crippen LogP contribution in [-0.2, 0) is 17.7 Å². The summed E-state index contributed by atoms with van der Waals surface area (Å²) in [5, 5.41) is 17.5. The number of anilines is 2. The second-order valence-electron chi connectivity index (χ2n) is 7.74. The SMILES string of the molecule is CCC1COCCN1c1nc(-c2ccc(NC(=O)NCCO)cc2)nc2c1CCNC2. The Kier molecular flexibility index (Phi) is 6.96. The van der Waals surface area contributed by atoms with E-state index in [0.29, 0.717) is 24.2 Å². The van der Waals surface area contributed by atoms with Crippen LogP contribution in [0.3, 0.4) is 0 Å². The Bertz CT molecular complexity index is 905. The van der Waals surface area contributed by atoms with E-state index in [0.717, 1.165) is 56.2 Å². The average molecular weight is 427 g/mol. The highest BCUT2D eigenvalue weighted by Gasteiger charge is 2.28. The summed E-state index contributed by atoms with van der Waals surface area (Å²) < 4.78 is 5.70. The van der Waals surface area contributed by atoms with Crippen LogP contribution in [0.2, 0.25) is 0 Å². The molecule has 3 heterocycles. The monoisotopic (exact) mass is 426 g/mol. The number of benzene rings is 1. The Morgan fingerprint density at radius 3 is 2.94 bits per heavy atom. The molecule has 2 aromatic rings. The standard InChI is InChI=1S/C22H30N6O3/c1-2-17-14-31-12-10-28(17)21-18-7-8-23-13-19(18)26-20(27-21)15-3-5-16(6-4-15)25-22(30)24-9-11-29/h3-6,17,23,29H,2,7-14H2,1H3,(H2,24,25,30). The number of urea groups is 1. The molecule has 1 aromatic heterocycles. The minimum Gasteiger partial charge on any atom is -0.395 e. The fourth-order valence-electron chi connectivity index (χ4n) is 4.03. The van der Waals surface area contributed by atoms with E-state index >= 15 is 0 Å². The molecule has 0 saturated carbocycles. The van der Waals surface area contributed by atoms with Crippen LogP contribution in [-0.4, -0.2) is 66.6 Å². The third-order valence-electron chi connectivity index (χ3n) is 5.68. The van der Waals surface area contributed by atoms with Crippen LogP contribution in [0.4, 0.5) is 16.3 Å². The zero-order chi connectivity index (χ0) is 21.6. The number of rotatable bonds is 6. The minimum atomic E-state index is -0.349. The molecule has 9 heteroatoms. The minimum absolute atomic E-state index is 0.0960. The first-order chi connectivity index (χ1) is 15.2. The number of carbonyl (C=O) groups is 1. The number of ether oxygens (including phenoxy) is 1. The normalized spacial score (nSPS) is 18.4. The molecular weight excluding hydrogens is 396 g/mol. The molecule has 0 spiro atoms. The Morgan fingerprint density at radius 2 is 2.16 bits per heavy atom. The highest BCUT2D eigenvalue weighted by Crippen LogP contribution is 2.30. The number of aromatic nitrogens is 2. The van der Waals surface area contributed by atoms with Crippen molar-refractivity contribution in [2.75, 3.05) is 49.7 Å². The average Bonchev–Trinajstić information content (AvgIpc) is 2.82. The lowest BCUT2D eigenvalue weighted by Crippen LogP contribution is -2.46. The summed E-state index contributed by atoms with van der Waals surface area (Å²) in [5.41, 5.74) is 3.86. The number of hydrogen-bond acceptors (Lipinski definition) is 7. The van der Waals surface area contributed by atoms with E-state index in [1.807, 2.05) is 24.3 Å². The molecule has 0 aliphatic carbocycles. The lowest BCUT2D eigenvalue weighted by molar-refractivity contribution is 0.0924. The summed E-state index contributed by atoms with van der Waals surface area (Å²) in [6.45, 7) is 6.24. The van der Waals surface area contributed by atoms with Gasteiger partial charge < -0.3 is 30.7 Å². The third-order valence-corrected chi connectivity index (χ3v) is 5.68. The first-order valence-electron chi connectivity index (χ1n) is 10.9. The van der Waals surface area contributed by atoms with Crippen molar-refractivity contribution >= 4 is 17.5 Å². The number of aliphatic hydroxyl groups excluding tert-OH is 1. The predicted octanol–water partition coefficient (Wildman–Crippen LogP) is 1.52. The highest BCUT2D eigenvalue weighted by molar-refractivity contribution is 5.89. The lowest BCUT2D eigenvalue weighted by Gasteiger charge is -2.38. The molecule has 2 aliphatic heterocycles. The van der Waals surface area contributed by atoms with Crippen LogP contribution in [0.1, 0.15) is 24.6 Å². The van der Waals surface area contributed by atoms with Crippen molar-refractivity contribution in [2.24, 2.45) is 0 Å². The van der Waals surface area contributed by atoms with Gasteiger partial charge in [-0.2, -0.15) is 0 Å². The number of amides is 2. The molecule has 1 aromatic carbocycles. The van der Waals surface area contributed by atoms with E-state index < -0.39 is 0 Å². The highest BCUT2D eigenvalue weighted by atomic mass is 16.5. The van der Waals surface area contributed by atoms with E-state index in [-0.39, 0.29) is 19.2 Å². The zero-order valence-corrected chi connectivity index (χ0v) is 17.9. The molecule has 1 unspecified atom stereocenters. The summed E-state index contributed by atoms with van der Waals surface area (Å²) >= 11 is 0. The van der Waals surface area contributed by atoms with Gasteiger partial charge in [-0.1, -0.05) is 6.92 Å². The van der Waals surface area contributed by atoms with Gasteiger partial charge in [0.15, 0.2) is 5.82 Å². The first-order valence-corrected chi connectivity index (χ1v) is 10.9. The molecule has 0 radical (unpaired) electrons. The third kappa shape index (κ3) is 4.95. The topological polar surface area (TPSA) is 112 Å². The van der Waals surface area contributed by atoms with Crippen LogP contribution < -0.4 is 20.9 Å². The van der Waals surface area contributed by atoms with Gasteiger partial charge in [0.1, 0.15) is 5.82 Å². The van der Waals surface area contributed by atoms with Gasteiger partial charge in [-0.25, -0.2) is 14.8 Å². The van der Waals surface area contributed by atoms with Crippen molar-refractivity contribution in [1.82, 2.24) is 20.6 Å². The molecule has 1 atom stereocenters. The smallest absolute Gasteiger partial charge is 0.319 e. The second-order valence-corrected chi connectivity index (χ2v) is 7.74. The Labute approximate surface area is 182 Å². The molecule has 2 aliphatic rings. The molecule has 1 fully saturated rings. The molecule has 0 bridgehead atoms. The summed E-state index contributed by atoms with van der Waals surface area (Å²) in [4.78, 5) is 24.0. The first kappa shape index (κ1) is 21.5. The Hall–Kier alpha value is -2.75. The van der Waals surface area contributed by atoms with E-state index in [4.69, 9.17) is 19.8 Å². The van der Waals surface area contributed by atoms with Crippen LogP contribution >= 0.6 is 0 Å². The van der Waals surface area contributed by atoms with E-state index in [2.05, 4.69) is 27.8 Å². The summed E-state index contributed by atoms with van der Waals surface area (Å²) in [5.74, 6) is 1.72. The van der Waals surface area contributed by atoms with E-state index in [9.17, 15) is 4.79 Å². The number of hydrogen-bond donors (Lipinski definition) is 4. The summed E-state index contributed by atoms with van der Waals surface area (Å²) in [7, 11) is 0. The van der Waals surface area contributed by atoms with Crippen molar-refractivity contribution in [2.45, 2.75) is 32.4 Å². The zero-order valence-electron chi connectivity index (χ0n) is 17.9. The van der Waals surface area contributed by atoms with Crippen LogP contribution in [0.15, 0.2) is 24.3 Å². The number of fused-ring (bicyclic) bond motifs is 1. The largest absolute Gasteiger partial charge is 0.395 e. The van der Waals surface area contributed by atoms with Gasteiger partial charge in [0, 0.05) is 36.4 Å². The van der Waals surface area contributed by atoms with Gasteiger partial charge >= 0.3 is 6.03 Å². The van der Waals surface area contributed by atoms with Crippen molar-refractivity contribution in [3.8, 4) is 11.4 Å². The maximum Gasteiger partial charge on any atom is 0.319 e. The molecule has 9 nitrogen and oxygen atoms in total. The number of nitrogens with zero attached hydrogens (tertiary/aromatic N) is 3. The van der Waals surface area contributed by atoms with Crippen molar-refractivity contribution < 1.29 is 14.6 Å². The van der Waals surface area contributed by atoms with Crippen molar-refractivity contribution in [3.63, 3.8) is 0 Å². The molecular formula is C22H30N6O3. The van der Waals surface area contributed by atoms with Crippen LogP contribution in [0, 0.1) is 0 Å². The van der Waals surface area contributed by atoms with Gasteiger partial charge in [-0.15, -0.1) is 0 Å². The van der Waals surface area contributed by atoms with Gasteiger partial charge in [0.25, 0.3) is 0 Å². The van der Waals surface area contributed by atoms with Crippen molar-refractivity contribution in [1.29, 1.82) is 0 Å². The van der Waals surface area contributed by atoms with E-state index in [1.54, 1.807) is 0 Å². The quantitative estimate of drug-likeness (QED) is 0.554. The molecule has 2 amide bonds. The van der Waals surface area contributed by atoms with Crippen LogP contribution in [0.25, 0.3) is 11.4 Å². The molecule has 4 N–H and O–H groups in total. The molecule has 1 saturated heterocycles. The molecule has 166 valence electrons. The number of morpholine rings is 1. The van der Waals surface area contributed by atoms with Crippen molar-refractivity contribution in [3.05, 3.63) is 35.5 Å². The van der Waals surface area contributed by atoms with Gasteiger partial charge in [0.05, 0.1) is 31.6 Å². The Balaban J connectivity index is 1.62. The lowest BCUT2D eigenvalue weighted by atomic mass is 10.0. The number of carbonyl (C=O) groups excluding carboxylic acids is 1. The summed E-state index contributed by atoms with van der Waals surface area (Å²) in [6, 6.07) is 7.47. The van der Waals surface area contributed by atoms with Gasteiger partial charge in [-0.05, 0) is 43.7 Å². The maximum absolute atomic E-state index is 11.8. The maximum atomic E-state index is 11.8. The second kappa shape index (κ2) is 10.0. The van der Waals surface area contributed by atoms with Crippen LogP contribution in [0.5, 0.6) is 0 Å². The van der Waals surface area contributed by atoms with Gasteiger partial charge in [-0.3, -0.25) is 0 Å². The van der Waals surface area contributed by atoms with E-state index in [1.165, 1.54) is 5.56 Å². The fourth-order valence-corrected chi connectivity index (χ4v) is 4.03. The fraction of sp³-hybridized carbons (Fsp3) is 0.500. The summed E-state index contributed by atoms with van der Waals surface area (Å²) in [6.07, 6.45) is 1.93. The van der Waals surface area contributed by atoms with Gasteiger partial charge in [0.2, 0.25) is 0 Å². The number of nitrogens with one attached hydrogen (secondary N) is 3.